The molecular weight excluding hydrogens is 195 g/mol. The van der Waals surface area contributed by atoms with E-state index in [9.17, 15) is 4.57 Å². The quantitative estimate of drug-likeness (QED) is 0.690. The molecular formula is C10H8N2OP. The molecule has 1 aromatic carbocycles. The molecule has 14 heavy (non-hydrogen) atoms. The fraction of sp³-hybridized carbons (Fsp3) is 0. The maximum Gasteiger partial charge on any atom is 0.157 e. The normalized spacial score (nSPS) is 11.0. The zero-order chi connectivity index (χ0) is 9.80. The van der Waals surface area contributed by atoms with E-state index >= 15 is 0 Å². The van der Waals surface area contributed by atoms with Crippen molar-refractivity contribution in [1.29, 1.82) is 0 Å². The molecule has 0 bridgehead atoms. The first-order valence-electron chi connectivity index (χ1n) is 4.16. The zero-order valence-corrected chi connectivity index (χ0v) is 8.26. The van der Waals surface area contributed by atoms with Gasteiger partial charge in [-0.1, -0.05) is 18.2 Å². The fourth-order valence-corrected chi connectivity index (χ4v) is 2.14. The number of hydrogen-bond acceptors (Lipinski definition) is 3. The van der Waals surface area contributed by atoms with Gasteiger partial charge in [-0.15, -0.1) is 0 Å². The molecule has 0 aliphatic rings. The summed E-state index contributed by atoms with van der Waals surface area (Å²) in [6.07, 6.45) is 4.65. The van der Waals surface area contributed by atoms with Gasteiger partial charge in [0.15, 0.2) is 7.80 Å². The third-order valence-electron chi connectivity index (χ3n) is 1.75. The molecule has 0 aliphatic carbocycles. The van der Waals surface area contributed by atoms with Gasteiger partial charge in [0.1, 0.15) is 5.44 Å². The van der Waals surface area contributed by atoms with Gasteiger partial charge in [0, 0.05) is 17.7 Å². The van der Waals surface area contributed by atoms with Crippen LogP contribution in [0.5, 0.6) is 0 Å². The topological polar surface area (TPSA) is 42.9 Å². The van der Waals surface area contributed by atoms with E-state index in [0.717, 1.165) is 5.30 Å². The van der Waals surface area contributed by atoms with Crippen molar-refractivity contribution in [2.24, 2.45) is 0 Å². The molecule has 0 spiro atoms. The minimum atomic E-state index is -1.59. The monoisotopic (exact) mass is 203 g/mol. The van der Waals surface area contributed by atoms with Crippen LogP contribution < -0.4 is 10.7 Å². The Morgan fingerprint density at radius 2 is 1.86 bits per heavy atom. The van der Waals surface area contributed by atoms with Gasteiger partial charge in [-0.05, 0) is 12.1 Å². The van der Waals surface area contributed by atoms with Crippen molar-refractivity contribution in [2.75, 3.05) is 0 Å². The average molecular weight is 203 g/mol. The van der Waals surface area contributed by atoms with Gasteiger partial charge in [-0.25, -0.2) is 4.98 Å². The summed E-state index contributed by atoms with van der Waals surface area (Å²) in [5, 5.41) is 0.781. The van der Waals surface area contributed by atoms with Crippen LogP contribution in [0.15, 0.2) is 48.9 Å². The van der Waals surface area contributed by atoms with E-state index in [2.05, 4.69) is 9.97 Å². The van der Waals surface area contributed by atoms with Crippen LogP contribution in [-0.4, -0.2) is 9.97 Å². The number of benzene rings is 1. The summed E-state index contributed by atoms with van der Waals surface area (Å²) >= 11 is 0. The Bertz CT molecular complexity index is 389. The van der Waals surface area contributed by atoms with Crippen LogP contribution in [0.4, 0.5) is 0 Å². The summed E-state index contributed by atoms with van der Waals surface area (Å²) in [5.41, 5.74) is 0.522. The van der Waals surface area contributed by atoms with Gasteiger partial charge in [0.25, 0.3) is 0 Å². The first-order valence-corrected chi connectivity index (χ1v) is 5.42. The van der Waals surface area contributed by atoms with E-state index in [0.29, 0.717) is 5.44 Å². The molecule has 0 aliphatic heterocycles. The first-order chi connectivity index (χ1) is 6.88. The smallest absolute Gasteiger partial charge is 0.157 e. The highest BCUT2D eigenvalue weighted by Crippen LogP contribution is 2.16. The van der Waals surface area contributed by atoms with Crippen LogP contribution in [0.3, 0.4) is 0 Å². The molecule has 2 aromatic rings. The SMILES string of the molecule is O=[P](c1ccccc1)c1cnccn1. The maximum absolute atomic E-state index is 11.9. The van der Waals surface area contributed by atoms with Crippen molar-refractivity contribution < 1.29 is 4.57 Å². The van der Waals surface area contributed by atoms with Crippen LogP contribution in [0, 0.1) is 0 Å². The molecule has 1 aromatic heterocycles. The van der Waals surface area contributed by atoms with Gasteiger partial charge < -0.3 is 0 Å². The van der Waals surface area contributed by atoms with E-state index < -0.39 is 7.80 Å². The lowest BCUT2D eigenvalue weighted by Crippen LogP contribution is -2.09. The lowest BCUT2D eigenvalue weighted by Gasteiger charge is -1.98. The zero-order valence-electron chi connectivity index (χ0n) is 7.37. The van der Waals surface area contributed by atoms with Crippen molar-refractivity contribution >= 4 is 18.5 Å². The highest BCUT2D eigenvalue weighted by molar-refractivity contribution is 7.61. The molecule has 2 rings (SSSR count). The van der Waals surface area contributed by atoms with Gasteiger partial charge in [0.2, 0.25) is 0 Å². The van der Waals surface area contributed by atoms with Gasteiger partial charge in [-0.2, -0.15) is 0 Å². The van der Waals surface area contributed by atoms with E-state index in [4.69, 9.17) is 0 Å². The molecule has 0 N–H and O–H groups in total. The van der Waals surface area contributed by atoms with Crippen LogP contribution >= 0.6 is 7.80 Å². The maximum atomic E-state index is 11.9. The van der Waals surface area contributed by atoms with Crippen LogP contribution in [0.1, 0.15) is 0 Å². The molecule has 1 unspecified atom stereocenters. The Labute approximate surface area is 82.6 Å². The highest BCUT2D eigenvalue weighted by atomic mass is 31.1. The van der Waals surface area contributed by atoms with E-state index in [1.807, 2.05) is 30.3 Å². The second-order valence-electron chi connectivity index (χ2n) is 2.69. The van der Waals surface area contributed by atoms with Crippen molar-refractivity contribution in [2.45, 2.75) is 0 Å². The third kappa shape index (κ3) is 1.83. The number of nitrogens with zero attached hydrogens (tertiary/aromatic N) is 2. The van der Waals surface area contributed by atoms with Crippen molar-refractivity contribution in [1.82, 2.24) is 9.97 Å². The molecule has 69 valence electrons. The van der Waals surface area contributed by atoms with Crippen LogP contribution in [0.25, 0.3) is 0 Å². The summed E-state index contributed by atoms with van der Waals surface area (Å²) in [4.78, 5) is 7.89. The van der Waals surface area contributed by atoms with Crippen LogP contribution in [0.2, 0.25) is 0 Å². The van der Waals surface area contributed by atoms with Gasteiger partial charge in [0.05, 0.1) is 6.20 Å². The Kier molecular flexibility index (Phi) is 2.61. The summed E-state index contributed by atoms with van der Waals surface area (Å²) in [7, 11) is -1.59. The molecule has 1 atom stereocenters. The number of hydrogen-bond donors (Lipinski definition) is 0. The highest BCUT2D eigenvalue weighted by Gasteiger charge is 2.07. The molecule has 0 fully saturated rings. The summed E-state index contributed by atoms with van der Waals surface area (Å²) in [6.45, 7) is 0. The predicted octanol–water partition coefficient (Wildman–Crippen LogP) is 1.25. The molecule has 1 heterocycles. The van der Waals surface area contributed by atoms with Crippen molar-refractivity contribution in [3.63, 3.8) is 0 Å². The lowest BCUT2D eigenvalue weighted by molar-refractivity contribution is 0.597. The summed E-state index contributed by atoms with van der Waals surface area (Å²) in [5.74, 6) is 0. The lowest BCUT2D eigenvalue weighted by atomic mass is 10.4. The second-order valence-corrected chi connectivity index (χ2v) is 4.26. The average Bonchev–Trinajstić information content (AvgIpc) is 2.30. The Morgan fingerprint density at radius 3 is 2.50 bits per heavy atom. The van der Waals surface area contributed by atoms with Crippen molar-refractivity contribution in [3.05, 3.63) is 48.9 Å². The van der Waals surface area contributed by atoms with Gasteiger partial charge >= 0.3 is 0 Å². The Balaban J connectivity index is 2.35. The minimum absolute atomic E-state index is 0.522. The first kappa shape index (κ1) is 8.97. The Hall–Kier alpha value is -1.60. The number of rotatable bonds is 2. The fourth-order valence-electron chi connectivity index (χ4n) is 1.09. The predicted molar refractivity (Wildman–Crippen MR) is 55.3 cm³/mol. The molecule has 0 amide bonds. The minimum Gasteiger partial charge on any atom is -0.275 e. The molecule has 0 saturated heterocycles. The Morgan fingerprint density at radius 1 is 1.07 bits per heavy atom. The molecule has 1 radical (unpaired) electrons. The van der Waals surface area contributed by atoms with Gasteiger partial charge in [-0.3, -0.25) is 9.55 Å². The van der Waals surface area contributed by atoms with E-state index in [-0.39, 0.29) is 0 Å². The third-order valence-corrected chi connectivity index (χ3v) is 3.16. The second kappa shape index (κ2) is 4.07. The standard InChI is InChI=1S/C10H8N2OP/c13-14(9-4-2-1-3-5-9)10-8-11-6-7-12-10/h1-8H. The van der Waals surface area contributed by atoms with Crippen molar-refractivity contribution in [3.8, 4) is 0 Å². The summed E-state index contributed by atoms with van der Waals surface area (Å²) < 4.78 is 11.9. The van der Waals surface area contributed by atoms with E-state index in [1.54, 1.807) is 12.4 Å². The summed E-state index contributed by atoms with van der Waals surface area (Å²) in [6, 6.07) is 9.27. The number of aromatic nitrogens is 2. The van der Waals surface area contributed by atoms with Crippen LogP contribution in [-0.2, 0) is 4.57 Å². The largest absolute Gasteiger partial charge is 0.275 e. The van der Waals surface area contributed by atoms with E-state index in [1.165, 1.54) is 6.20 Å². The molecule has 0 saturated carbocycles. The molecule has 4 heteroatoms. The molecule has 3 nitrogen and oxygen atoms in total.